The zero-order chi connectivity index (χ0) is 9.97. The minimum absolute atomic E-state index is 0.644. The van der Waals surface area contributed by atoms with Crippen molar-refractivity contribution >= 4 is 38.6 Å². The van der Waals surface area contributed by atoms with E-state index in [1.54, 1.807) is 11.8 Å². The first-order valence-corrected chi connectivity index (χ1v) is 5.96. The van der Waals surface area contributed by atoms with Gasteiger partial charge >= 0.3 is 0 Å². The summed E-state index contributed by atoms with van der Waals surface area (Å²) < 4.78 is 1.07. The van der Waals surface area contributed by atoms with Gasteiger partial charge in [0.05, 0.1) is 5.70 Å². The van der Waals surface area contributed by atoms with Crippen molar-refractivity contribution in [2.75, 3.05) is 5.75 Å². The molecule has 0 aromatic heterocycles. The summed E-state index contributed by atoms with van der Waals surface area (Å²) in [5.41, 5.74) is 7.73. The molecule has 0 amide bonds. The second-order valence-electron chi connectivity index (χ2n) is 2.86. The van der Waals surface area contributed by atoms with E-state index in [2.05, 4.69) is 27.0 Å². The number of hydrogen-bond donors (Lipinski definition) is 1. The van der Waals surface area contributed by atoms with Crippen molar-refractivity contribution in [1.29, 1.82) is 0 Å². The van der Waals surface area contributed by atoms with Gasteiger partial charge in [-0.25, -0.2) is 4.99 Å². The van der Waals surface area contributed by atoms with Crippen LogP contribution in [0.15, 0.2) is 39.8 Å². The molecule has 0 saturated carbocycles. The van der Waals surface area contributed by atoms with Gasteiger partial charge in [-0.3, -0.25) is 0 Å². The number of hydrogen-bond acceptors (Lipinski definition) is 3. The molecule has 1 aliphatic heterocycles. The van der Waals surface area contributed by atoms with Crippen LogP contribution in [-0.4, -0.2) is 10.9 Å². The Morgan fingerprint density at radius 3 is 2.64 bits per heavy atom. The van der Waals surface area contributed by atoms with Crippen molar-refractivity contribution in [1.82, 2.24) is 0 Å². The quantitative estimate of drug-likeness (QED) is 0.851. The van der Waals surface area contributed by atoms with Gasteiger partial charge in [-0.15, -0.1) is 0 Å². The standard InChI is InChI=1S/C10H9BrN2S/c11-8-3-1-7(2-4-8)9-5-6-14-10(12)13-9/h1-5H,6H2,(H2,12,13). The zero-order valence-electron chi connectivity index (χ0n) is 7.40. The Kier molecular flexibility index (Phi) is 2.93. The van der Waals surface area contributed by atoms with E-state index in [1.807, 2.05) is 24.3 Å². The molecule has 2 rings (SSSR count). The molecule has 0 fully saturated rings. The van der Waals surface area contributed by atoms with Gasteiger partial charge in [0.1, 0.15) is 0 Å². The molecule has 0 unspecified atom stereocenters. The van der Waals surface area contributed by atoms with Crippen LogP contribution in [0.2, 0.25) is 0 Å². The molecular formula is C10H9BrN2S. The van der Waals surface area contributed by atoms with Crippen LogP contribution in [0, 0.1) is 0 Å². The van der Waals surface area contributed by atoms with E-state index in [9.17, 15) is 0 Å². The maximum absolute atomic E-state index is 5.66. The second-order valence-corrected chi connectivity index (χ2v) is 4.81. The van der Waals surface area contributed by atoms with Gasteiger partial charge in [-0.05, 0) is 23.8 Å². The normalized spacial score (nSPS) is 16.1. The van der Waals surface area contributed by atoms with Crippen LogP contribution in [0.1, 0.15) is 5.56 Å². The minimum Gasteiger partial charge on any atom is -0.378 e. The highest BCUT2D eigenvalue weighted by Crippen LogP contribution is 2.23. The van der Waals surface area contributed by atoms with Gasteiger partial charge in [-0.1, -0.05) is 39.8 Å². The van der Waals surface area contributed by atoms with Crippen LogP contribution >= 0.6 is 27.7 Å². The average molecular weight is 269 g/mol. The fourth-order valence-electron chi connectivity index (χ4n) is 1.21. The molecule has 4 heteroatoms. The third-order valence-electron chi connectivity index (χ3n) is 1.88. The molecule has 0 aliphatic carbocycles. The van der Waals surface area contributed by atoms with Crippen LogP contribution in [0.4, 0.5) is 0 Å². The molecule has 14 heavy (non-hydrogen) atoms. The SMILES string of the molecule is NC1=NC(c2ccc(Br)cc2)=CCS1. The largest absolute Gasteiger partial charge is 0.378 e. The van der Waals surface area contributed by atoms with Gasteiger partial charge in [0.2, 0.25) is 0 Å². The number of benzene rings is 1. The van der Waals surface area contributed by atoms with E-state index >= 15 is 0 Å². The number of halogens is 1. The summed E-state index contributed by atoms with van der Waals surface area (Å²) in [7, 11) is 0. The predicted molar refractivity (Wildman–Crippen MR) is 66.2 cm³/mol. The van der Waals surface area contributed by atoms with Crippen LogP contribution in [0.25, 0.3) is 5.70 Å². The van der Waals surface area contributed by atoms with E-state index in [-0.39, 0.29) is 0 Å². The molecule has 0 bridgehead atoms. The van der Waals surface area contributed by atoms with E-state index in [1.165, 1.54) is 0 Å². The Labute approximate surface area is 95.4 Å². The topological polar surface area (TPSA) is 38.4 Å². The molecule has 0 atom stereocenters. The first-order valence-electron chi connectivity index (χ1n) is 4.19. The van der Waals surface area contributed by atoms with Crippen molar-refractivity contribution in [3.05, 3.63) is 40.4 Å². The molecule has 1 aromatic rings. The van der Waals surface area contributed by atoms with Gasteiger partial charge in [0, 0.05) is 10.2 Å². The monoisotopic (exact) mass is 268 g/mol. The van der Waals surface area contributed by atoms with Crippen molar-refractivity contribution in [3.8, 4) is 0 Å². The number of amidine groups is 1. The first-order chi connectivity index (χ1) is 6.75. The predicted octanol–water partition coefficient (Wildman–Crippen LogP) is 2.85. The van der Waals surface area contributed by atoms with Crippen molar-refractivity contribution in [2.45, 2.75) is 0 Å². The Morgan fingerprint density at radius 1 is 1.29 bits per heavy atom. The molecule has 0 radical (unpaired) electrons. The van der Waals surface area contributed by atoms with Crippen LogP contribution in [-0.2, 0) is 0 Å². The number of thioether (sulfide) groups is 1. The van der Waals surface area contributed by atoms with E-state index in [0.29, 0.717) is 5.17 Å². The summed E-state index contributed by atoms with van der Waals surface area (Å²) in [6.45, 7) is 0. The van der Waals surface area contributed by atoms with Crippen molar-refractivity contribution < 1.29 is 0 Å². The van der Waals surface area contributed by atoms with Gasteiger partial charge in [0.15, 0.2) is 5.17 Å². The Hall–Kier alpha value is -0.740. The fraction of sp³-hybridized carbons (Fsp3) is 0.100. The molecule has 72 valence electrons. The Balaban J connectivity index is 2.32. The summed E-state index contributed by atoms with van der Waals surface area (Å²) in [6.07, 6.45) is 2.09. The summed E-state index contributed by atoms with van der Waals surface area (Å²) in [5, 5.41) is 0.644. The third kappa shape index (κ3) is 2.19. The molecule has 1 aromatic carbocycles. The lowest BCUT2D eigenvalue weighted by molar-refractivity contribution is 1.45. The fourth-order valence-corrected chi connectivity index (χ4v) is 2.04. The summed E-state index contributed by atoms with van der Waals surface area (Å²) in [4.78, 5) is 4.29. The minimum atomic E-state index is 0.644. The van der Waals surface area contributed by atoms with Crippen LogP contribution in [0.5, 0.6) is 0 Å². The molecule has 1 heterocycles. The molecular weight excluding hydrogens is 260 g/mol. The lowest BCUT2D eigenvalue weighted by Crippen LogP contribution is -2.10. The number of nitrogens with two attached hydrogens (primary N) is 1. The second kappa shape index (κ2) is 4.19. The smallest absolute Gasteiger partial charge is 0.159 e. The highest BCUT2D eigenvalue weighted by atomic mass is 79.9. The number of aliphatic imine (C=N–C) groups is 1. The molecule has 1 aliphatic rings. The maximum Gasteiger partial charge on any atom is 0.159 e. The lowest BCUT2D eigenvalue weighted by Gasteiger charge is -2.09. The highest BCUT2D eigenvalue weighted by Gasteiger charge is 2.06. The molecule has 0 spiro atoms. The Bertz CT molecular complexity index is 395. The lowest BCUT2D eigenvalue weighted by atomic mass is 10.1. The average Bonchev–Trinajstić information content (AvgIpc) is 2.19. The summed E-state index contributed by atoms with van der Waals surface area (Å²) in [5.74, 6) is 0.904. The Morgan fingerprint density at radius 2 is 2.00 bits per heavy atom. The van der Waals surface area contributed by atoms with Crippen molar-refractivity contribution in [2.24, 2.45) is 10.7 Å². The first kappa shape index (κ1) is 9.80. The number of nitrogens with zero attached hydrogens (tertiary/aromatic N) is 1. The van der Waals surface area contributed by atoms with E-state index in [0.717, 1.165) is 21.5 Å². The summed E-state index contributed by atoms with van der Waals surface area (Å²) >= 11 is 4.96. The maximum atomic E-state index is 5.66. The third-order valence-corrected chi connectivity index (χ3v) is 3.13. The van der Waals surface area contributed by atoms with Crippen LogP contribution < -0.4 is 5.73 Å². The van der Waals surface area contributed by atoms with Crippen LogP contribution in [0.3, 0.4) is 0 Å². The summed E-state index contributed by atoms with van der Waals surface area (Å²) in [6, 6.07) is 8.07. The zero-order valence-corrected chi connectivity index (χ0v) is 9.81. The van der Waals surface area contributed by atoms with Gasteiger partial charge < -0.3 is 5.73 Å². The molecule has 2 N–H and O–H groups in total. The highest BCUT2D eigenvalue weighted by molar-refractivity contribution is 9.10. The molecule has 2 nitrogen and oxygen atoms in total. The van der Waals surface area contributed by atoms with Crippen molar-refractivity contribution in [3.63, 3.8) is 0 Å². The van der Waals surface area contributed by atoms with Gasteiger partial charge in [-0.2, -0.15) is 0 Å². The van der Waals surface area contributed by atoms with Gasteiger partial charge in [0.25, 0.3) is 0 Å². The molecule has 0 saturated heterocycles. The number of rotatable bonds is 1. The van der Waals surface area contributed by atoms with E-state index < -0.39 is 0 Å². The van der Waals surface area contributed by atoms with E-state index in [4.69, 9.17) is 5.73 Å².